The summed E-state index contributed by atoms with van der Waals surface area (Å²) in [5.41, 5.74) is 4.91. The number of likely N-dealkylation sites (N-methyl/N-ethyl adjacent to an activating group) is 1. The molecule has 3 amide bonds. The summed E-state index contributed by atoms with van der Waals surface area (Å²) in [4.78, 5) is 34.2. The standard InChI is InChI=1S/C22H27N3O3/c1-16(23-28-15-18-10-6-4-7-11-18)14-20(26)25-21(17(2)24(3)22(25)27)19-12-8-5-9-13-19/h4-13,16-17,21,23H,14-15H2,1-3H3/t16-,17-,21-/m1/s1. The molecule has 28 heavy (non-hydrogen) atoms. The van der Waals surface area contributed by atoms with Crippen molar-refractivity contribution in [3.05, 3.63) is 71.8 Å². The molecule has 0 aromatic heterocycles. The Morgan fingerprint density at radius 1 is 1.11 bits per heavy atom. The zero-order valence-electron chi connectivity index (χ0n) is 16.5. The lowest BCUT2D eigenvalue weighted by Gasteiger charge is -2.25. The van der Waals surface area contributed by atoms with Crippen LogP contribution in [0.25, 0.3) is 0 Å². The zero-order valence-corrected chi connectivity index (χ0v) is 16.5. The van der Waals surface area contributed by atoms with E-state index in [1.165, 1.54) is 4.90 Å². The summed E-state index contributed by atoms with van der Waals surface area (Å²) in [6.45, 7) is 4.25. The van der Waals surface area contributed by atoms with Gasteiger partial charge in [-0.25, -0.2) is 4.79 Å². The molecule has 1 heterocycles. The van der Waals surface area contributed by atoms with Crippen molar-refractivity contribution in [3.8, 4) is 0 Å². The van der Waals surface area contributed by atoms with Crippen molar-refractivity contribution < 1.29 is 14.4 Å². The van der Waals surface area contributed by atoms with Gasteiger partial charge in [0.25, 0.3) is 0 Å². The summed E-state index contributed by atoms with van der Waals surface area (Å²) in [7, 11) is 1.74. The van der Waals surface area contributed by atoms with E-state index in [-0.39, 0.29) is 36.5 Å². The molecule has 148 valence electrons. The van der Waals surface area contributed by atoms with Crippen LogP contribution in [0.1, 0.15) is 37.4 Å². The van der Waals surface area contributed by atoms with Crippen LogP contribution in [0.2, 0.25) is 0 Å². The summed E-state index contributed by atoms with van der Waals surface area (Å²) >= 11 is 0. The molecule has 0 radical (unpaired) electrons. The number of imide groups is 1. The molecule has 3 rings (SSSR count). The first-order chi connectivity index (χ1) is 13.5. The van der Waals surface area contributed by atoms with Crippen LogP contribution in [-0.2, 0) is 16.2 Å². The van der Waals surface area contributed by atoms with Crippen LogP contribution in [-0.4, -0.2) is 40.9 Å². The molecular formula is C22H27N3O3. The highest BCUT2D eigenvalue weighted by Crippen LogP contribution is 2.34. The lowest BCUT2D eigenvalue weighted by Crippen LogP contribution is -2.40. The minimum absolute atomic E-state index is 0.0866. The quantitative estimate of drug-likeness (QED) is 0.746. The van der Waals surface area contributed by atoms with Gasteiger partial charge in [-0.15, -0.1) is 0 Å². The van der Waals surface area contributed by atoms with E-state index in [1.54, 1.807) is 11.9 Å². The molecule has 0 saturated carbocycles. The van der Waals surface area contributed by atoms with Gasteiger partial charge in [-0.05, 0) is 25.0 Å². The summed E-state index contributed by atoms with van der Waals surface area (Å²) < 4.78 is 0. The van der Waals surface area contributed by atoms with Gasteiger partial charge in [0.2, 0.25) is 5.91 Å². The highest BCUT2D eigenvalue weighted by molar-refractivity contribution is 5.97. The first-order valence-electron chi connectivity index (χ1n) is 9.54. The maximum absolute atomic E-state index is 13.0. The monoisotopic (exact) mass is 381 g/mol. The number of carbonyl (C=O) groups excluding carboxylic acids is 2. The van der Waals surface area contributed by atoms with E-state index in [4.69, 9.17) is 4.84 Å². The van der Waals surface area contributed by atoms with Gasteiger partial charge in [-0.3, -0.25) is 14.5 Å². The van der Waals surface area contributed by atoms with Crippen LogP contribution in [0, 0.1) is 0 Å². The van der Waals surface area contributed by atoms with Crippen molar-refractivity contribution in [2.75, 3.05) is 7.05 Å². The van der Waals surface area contributed by atoms with Crippen molar-refractivity contribution in [1.82, 2.24) is 15.3 Å². The minimum atomic E-state index is -0.288. The number of hydrogen-bond acceptors (Lipinski definition) is 4. The molecule has 3 atom stereocenters. The second kappa shape index (κ2) is 8.99. The fourth-order valence-electron chi connectivity index (χ4n) is 3.47. The Morgan fingerprint density at radius 3 is 2.36 bits per heavy atom. The third kappa shape index (κ3) is 4.40. The molecule has 0 aliphatic carbocycles. The van der Waals surface area contributed by atoms with E-state index in [2.05, 4.69) is 5.48 Å². The van der Waals surface area contributed by atoms with Gasteiger partial charge in [0.05, 0.1) is 18.7 Å². The Kier molecular flexibility index (Phi) is 6.44. The molecule has 1 saturated heterocycles. The van der Waals surface area contributed by atoms with E-state index < -0.39 is 0 Å². The highest BCUT2D eigenvalue weighted by Gasteiger charge is 2.45. The van der Waals surface area contributed by atoms with Crippen LogP contribution >= 0.6 is 0 Å². The number of benzene rings is 2. The smallest absolute Gasteiger partial charge is 0.322 e. The van der Waals surface area contributed by atoms with Crippen LogP contribution in [0.4, 0.5) is 4.79 Å². The number of rotatable bonds is 7. The molecule has 0 bridgehead atoms. The fraction of sp³-hybridized carbons (Fsp3) is 0.364. The van der Waals surface area contributed by atoms with E-state index in [0.717, 1.165) is 11.1 Å². The van der Waals surface area contributed by atoms with E-state index >= 15 is 0 Å². The fourth-order valence-corrected chi connectivity index (χ4v) is 3.47. The summed E-state index contributed by atoms with van der Waals surface area (Å²) in [6, 6.07) is 18.6. The van der Waals surface area contributed by atoms with E-state index in [1.807, 2.05) is 74.5 Å². The molecule has 0 spiro atoms. The van der Waals surface area contributed by atoms with Crippen LogP contribution in [0.3, 0.4) is 0 Å². The van der Waals surface area contributed by atoms with Gasteiger partial charge < -0.3 is 4.90 Å². The molecule has 6 nitrogen and oxygen atoms in total. The van der Waals surface area contributed by atoms with Crippen LogP contribution < -0.4 is 5.48 Å². The third-order valence-corrected chi connectivity index (χ3v) is 5.11. The van der Waals surface area contributed by atoms with Gasteiger partial charge in [-0.2, -0.15) is 5.48 Å². The lowest BCUT2D eigenvalue weighted by molar-refractivity contribution is -0.131. The second-order valence-electron chi connectivity index (χ2n) is 7.25. The molecule has 1 fully saturated rings. The molecular weight excluding hydrogens is 354 g/mol. The number of carbonyl (C=O) groups is 2. The third-order valence-electron chi connectivity index (χ3n) is 5.11. The van der Waals surface area contributed by atoms with Gasteiger partial charge in [0.15, 0.2) is 0 Å². The Labute approximate surface area is 166 Å². The Morgan fingerprint density at radius 2 is 1.71 bits per heavy atom. The number of hydrogen-bond donors (Lipinski definition) is 1. The molecule has 1 aliphatic rings. The maximum atomic E-state index is 13.0. The summed E-state index contributed by atoms with van der Waals surface area (Å²) in [5, 5.41) is 0. The Hall–Kier alpha value is -2.70. The van der Waals surface area contributed by atoms with Gasteiger partial charge in [0, 0.05) is 19.5 Å². The number of nitrogens with zero attached hydrogens (tertiary/aromatic N) is 2. The van der Waals surface area contributed by atoms with Gasteiger partial charge in [-0.1, -0.05) is 60.7 Å². The number of amides is 3. The summed E-state index contributed by atoms with van der Waals surface area (Å²) in [6.07, 6.45) is 0.171. The largest absolute Gasteiger partial charge is 0.327 e. The zero-order chi connectivity index (χ0) is 20.1. The molecule has 0 unspecified atom stereocenters. The first-order valence-corrected chi connectivity index (χ1v) is 9.54. The van der Waals surface area contributed by atoms with Crippen LogP contribution in [0.15, 0.2) is 60.7 Å². The first kappa shape index (κ1) is 20.0. The molecule has 6 heteroatoms. The summed E-state index contributed by atoms with van der Waals surface area (Å²) in [5.74, 6) is -0.210. The topological polar surface area (TPSA) is 61.9 Å². The van der Waals surface area contributed by atoms with Crippen molar-refractivity contribution in [2.24, 2.45) is 0 Å². The van der Waals surface area contributed by atoms with Gasteiger partial charge >= 0.3 is 6.03 Å². The van der Waals surface area contributed by atoms with Crippen molar-refractivity contribution in [2.45, 2.75) is 45.0 Å². The van der Waals surface area contributed by atoms with E-state index in [9.17, 15) is 9.59 Å². The molecule has 1 aliphatic heterocycles. The Bertz CT molecular complexity index is 797. The molecule has 2 aromatic rings. The predicted octanol–water partition coefficient (Wildman–Crippen LogP) is 3.51. The average molecular weight is 381 g/mol. The van der Waals surface area contributed by atoms with Crippen molar-refractivity contribution in [3.63, 3.8) is 0 Å². The molecule has 2 aromatic carbocycles. The molecule has 1 N–H and O–H groups in total. The SMILES string of the molecule is C[C@H](CC(=O)N1C(=O)N(C)[C@H](C)[C@@H]1c1ccccc1)NOCc1ccccc1. The maximum Gasteiger partial charge on any atom is 0.327 e. The van der Waals surface area contributed by atoms with E-state index in [0.29, 0.717) is 6.61 Å². The number of hydroxylamine groups is 1. The lowest BCUT2D eigenvalue weighted by atomic mass is 10.00. The number of nitrogens with one attached hydrogen (secondary N) is 1. The average Bonchev–Trinajstić information content (AvgIpc) is 2.93. The Balaban J connectivity index is 1.62. The normalized spacial score (nSPS) is 20.5. The second-order valence-corrected chi connectivity index (χ2v) is 7.25. The highest BCUT2D eigenvalue weighted by atomic mass is 16.6. The van der Waals surface area contributed by atoms with Gasteiger partial charge in [0.1, 0.15) is 0 Å². The van der Waals surface area contributed by atoms with Crippen LogP contribution in [0.5, 0.6) is 0 Å². The van der Waals surface area contributed by atoms with Crippen molar-refractivity contribution >= 4 is 11.9 Å². The van der Waals surface area contributed by atoms with Crippen molar-refractivity contribution in [1.29, 1.82) is 0 Å². The predicted molar refractivity (Wildman–Crippen MR) is 107 cm³/mol. The number of urea groups is 1. The minimum Gasteiger partial charge on any atom is -0.322 e.